The van der Waals surface area contributed by atoms with Gasteiger partial charge in [-0.2, -0.15) is 0 Å². The SMILES string of the molecule is Nc1ccc(N2C=NC=CC2)cc1. The average molecular weight is 173 g/mol. The highest BCUT2D eigenvalue weighted by Crippen LogP contribution is 2.15. The number of nitrogens with two attached hydrogens (primary N) is 1. The van der Waals surface area contributed by atoms with Gasteiger partial charge in [0.05, 0.1) is 6.34 Å². The molecule has 0 unspecified atom stereocenters. The van der Waals surface area contributed by atoms with Crippen LogP contribution in [0.15, 0.2) is 41.5 Å². The molecule has 66 valence electrons. The van der Waals surface area contributed by atoms with Crippen molar-refractivity contribution in [3.05, 3.63) is 36.5 Å². The normalized spacial score (nSPS) is 14.9. The minimum Gasteiger partial charge on any atom is -0.399 e. The molecule has 0 fully saturated rings. The van der Waals surface area contributed by atoms with Gasteiger partial charge in [0.1, 0.15) is 0 Å². The van der Waals surface area contributed by atoms with Crippen molar-refractivity contribution in [2.24, 2.45) is 4.99 Å². The summed E-state index contributed by atoms with van der Waals surface area (Å²) in [4.78, 5) is 6.10. The number of nitrogens with zero attached hydrogens (tertiary/aromatic N) is 2. The number of benzene rings is 1. The average Bonchev–Trinajstić information content (AvgIpc) is 2.20. The minimum absolute atomic E-state index is 0.785. The highest BCUT2D eigenvalue weighted by atomic mass is 15.2. The largest absolute Gasteiger partial charge is 0.399 e. The first kappa shape index (κ1) is 7.86. The molecule has 0 atom stereocenters. The maximum atomic E-state index is 5.59. The van der Waals surface area contributed by atoms with E-state index in [2.05, 4.69) is 9.89 Å². The summed E-state index contributed by atoms with van der Waals surface area (Å²) in [5, 5.41) is 0. The van der Waals surface area contributed by atoms with Crippen molar-refractivity contribution in [2.45, 2.75) is 0 Å². The Kier molecular flexibility index (Phi) is 2.00. The van der Waals surface area contributed by atoms with Gasteiger partial charge in [-0.1, -0.05) is 0 Å². The molecule has 3 heteroatoms. The quantitative estimate of drug-likeness (QED) is 0.656. The van der Waals surface area contributed by atoms with Crippen LogP contribution in [0.4, 0.5) is 11.4 Å². The first-order valence-corrected chi connectivity index (χ1v) is 4.17. The summed E-state index contributed by atoms with van der Waals surface area (Å²) in [6.45, 7) is 0.868. The van der Waals surface area contributed by atoms with Gasteiger partial charge < -0.3 is 10.6 Å². The molecule has 0 aromatic heterocycles. The Labute approximate surface area is 77.2 Å². The van der Waals surface area contributed by atoms with Crippen LogP contribution in [0.2, 0.25) is 0 Å². The number of nitrogen functional groups attached to an aromatic ring is 1. The summed E-state index contributed by atoms with van der Waals surface area (Å²) in [7, 11) is 0. The molecular formula is C10H11N3. The Balaban J connectivity index is 2.21. The maximum Gasteiger partial charge on any atom is 0.0952 e. The van der Waals surface area contributed by atoms with Crippen LogP contribution in [-0.2, 0) is 0 Å². The second-order valence-electron chi connectivity index (χ2n) is 2.89. The molecule has 3 nitrogen and oxygen atoms in total. The summed E-state index contributed by atoms with van der Waals surface area (Å²) >= 11 is 0. The smallest absolute Gasteiger partial charge is 0.0952 e. The molecule has 0 spiro atoms. The molecule has 0 amide bonds. The van der Waals surface area contributed by atoms with Crippen LogP contribution in [-0.4, -0.2) is 12.9 Å². The zero-order valence-electron chi connectivity index (χ0n) is 7.22. The zero-order valence-corrected chi connectivity index (χ0v) is 7.22. The lowest BCUT2D eigenvalue weighted by Crippen LogP contribution is -2.22. The summed E-state index contributed by atoms with van der Waals surface area (Å²) < 4.78 is 0. The van der Waals surface area contributed by atoms with E-state index in [0.29, 0.717) is 0 Å². The molecule has 2 N–H and O–H groups in total. The number of rotatable bonds is 1. The van der Waals surface area contributed by atoms with Crippen molar-refractivity contribution < 1.29 is 0 Å². The number of anilines is 2. The van der Waals surface area contributed by atoms with Crippen LogP contribution >= 0.6 is 0 Å². The Morgan fingerprint density at radius 1 is 1.23 bits per heavy atom. The van der Waals surface area contributed by atoms with Gasteiger partial charge in [-0.15, -0.1) is 0 Å². The molecule has 1 aromatic carbocycles. The Morgan fingerprint density at radius 2 is 2.00 bits per heavy atom. The van der Waals surface area contributed by atoms with Crippen molar-refractivity contribution in [3.8, 4) is 0 Å². The fourth-order valence-corrected chi connectivity index (χ4v) is 1.23. The summed E-state index contributed by atoms with van der Waals surface area (Å²) in [6, 6.07) is 7.75. The van der Waals surface area contributed by atoms with Gasteiger partial charge in [-0.3, -0.25) is 0 Å². The van der Waals surface area contributed by atoms with Crippen LogP contribution < -0.4 is 10.6 Å². The molecule has 0 bridgehead atoms. The van der Waals surface area contributed by atoms with E-state index in [1.807, 2.05) is 36.7 Å². The van der Waals surface area contributed by atoms with Crippen molar-refractivity contribution in [1.82, 2.24) is 0 Å². The van der Waals surface area contributed by atoms with Crippen LogP contribution in [0, 0.1) is 0 Å². The second kappa shape index (κ2) is 3.31. The summed E-state index contributed by atoms with van der Waals surface area (Å²) in [5.74, 6) is 0. The molecule has 2 rings (SSSR count). The van der Waals surface area contributed by atoms with Gasteiger partial charge in [0.25, 0.3) is 0 Å². The first-order valence-electron chi connectivity index (χ1n) is 4.17. The first-order chi connectivity index (χ1) is 6.36. The van der Waals surface area contributed by atoms with E-state index in [9.17, 15) is 0 Å². The lowest BCUT2D eigenvalue weighted by molar-refractivity contribution is 1.13. The van der Waals surface area contributed by atoms with E-state index in [4.69, 9.17) is 5.73 Å². The fourth-order valence-electron chi connectivity index (χ4n) is 1.23. The number of hydrogen-bond acceptors (Lipinski definition) is 3. The van der Waals surface area contributed by atoms with Gasteiger partial charge in [-0.25, -0.2) is 4.99 Å². The van der Waals surface area contributed by atoms with E-state index in [0.717, 1.165) is 17.9 Å². The summed E-state index contributed by atoms with van der Waals surface area (Å²) in [5.41, 5.74) is 7.49. The van der Waals surface area contributed by atoms with E-state index in [1.54, 1.807) is 6.20 Å². The van der Waals surface area contributed by atoms with Gasteiger partial charge in [-0.05, 0) is 30.3 Å². The lowest BCUT2D eigenvalue weighted by atomic mass is 10.2. The van der Waals surface area contributed by atoms with Crippen molar-refractivity contribution in [2.75, 3.05) is 17.2 Å². The van der Waals surface area contributed by atoms with E-state index in [1.165, 1.54) is 0 Å². The Morgan fingerprint density at radius 3 is 2.62 bits per heavy atom. The van der Waals surface area contributed by atoms with Crippen LogP contribution in [0.1, 0.15) is 0 Å². The molecule has 13 heavy (non-hydrogen) atoms. The molecule has 1 aliphatic rings. The van der Waals surface area contributed by atoms with Gasteiger partial charge in [0.15, 0.2) is 0 Å². The van der Waals surface area contributed by atoms with Gasteiger partial charge in [0.2, 0.25) is 0 Å². The lowest BCUT2D eigenvalue weighted by Gasteiger charge is -2.19. The third kappa shape index (κ3) is 1.69. The Hall–Kier alpha value is -1.77. The van der Waals surface area contributed by atoms with Crippen LogP contribution in [0.5, 0.6) is 0 Å². The molecule has 1 aliphatic heterocycles. The summed E-state index contributed by atoms with van der Waals surface area (Å²) in [6.07, 6.45) is 5.62. The molecule has 1 heterocycles. The highest BCUT2D eigenvalue weighted by Gasteiger charge is 2.02. The molecule has 0 saturated carbocycles. The molecule has 1 aromatic rings. The van der Waals surface area contributed by atoms with E-state index in [-0.39, 0.29) is 0 Å². The zero-order chi connectivity index (χ0) is 9.10. The third-order valence-corrected chi connectivity index (χ3v) is 1.92. The van der Waals surface area contributed by atoms with Crippen molar-refractivity contribution in [3.63, 3.8) is 0 Å². The van der Waals surface area contributed by atoms with Gasteiger partial charge >= 0.3 is 0 Å². The fraction of sp³-hybridized carbons (Fsp3) is 0.100. The van der Waals surface area contributed by atoms with E-state index < -0.39 is 0 Å². The van der Waals surface area contributed by atoms with Crippen molar-refractivity contribution >= 4 is 17.7 Å². The van der Waals surface area contributed by atoms with Crippen LogP contribution in [0.25, 0.3) is 0 Å². The number of hydrogen-bond donors (Lipinski definition) is 1. The molecule has 0 aliphatic carbocycles. The van der Waals surface area contributed by atoms with E-state index >= 15 is 0 Å². The second-order valence-corrected chi connectivity index (χ2v) is 2.89. The number of aliphatic imine (C=N–C) groups is 1. The molecule has 0 radical (unpaired) electrons. The van der Waals surface area contributed by atoms with Crippen molar-refractivity contribution in [1.29, 1.82) is 0 Å². The van der Waals surface area contributed by atoms with Crippen LogP contribution in [0.3, 0.4) is 0 Å². The Bertz CT molecular complexity index is 338. The minimum atomic E-state index is 0.785. The standard InChI is InChI=1S/C10H11N3/c11-9-2-4-10(5-3-9)13-7-1-6-12-8-13/h1-6,8H,7,11H2. The highest BCUT2D eigenvalue weighted by molar-refractivity contribution is 5.81. The molecular weight excluding hydrogens is 162 g/mol. The molecule has 0 saturated heterocycles. The predicted molar refractivity (Wildman–Crippen MR) is 55.8 cm³/mol. The predicted octanol–water partition coefficient (Wildman–Crippen LogP) is 1.63. The topological polar surface area (TPSA) is 41.6 Å². The monoisotopic (exact) mass is 173 g/mol. The van der Waals surface area contributed by atoms with Gasteiger partial charge in [0, 0.05) is 24.1 Å². The maximum absolute atomic E-state index is 5.59. The third-order valence-electron chi connectivity index (χ3n) is 1.92.